The molecule has 0 aliphatic carbocycles. The second kappa shape index (κ2) is 2.34. The molecule has 54 valence electrons. The molecule has 1 aromatic rings. The lowest BCUT2D eigenvalue weighted by molar-refractivity contribution is 0.166. The third-order valence-corrected chi connectivity index (χ3v) is 2.70. The Hall–Kier alpha value is -0.380. The largest absolute Gasteiger partial charge is 0.387 e. The zero-order valence-corrected chi connectivity index (χ0v) is 6.32. The molecule has 3 heteroatoms. The van der Waals surface area contributed by atoms with Crippen LogP contribution in [0.25, 0.3) is 0 Å². The van der Waals surface area contributed by atoms with Gasteiger partial charge in [-0.2, -0.15) is 0 Å². The standard InChI is InChI=1S/C7H9NOS/c9-6-3-8-4-7-5(6)1-2-10-7/h1-2,6,8-9H,3-4H2/t6-/m0/s1. The Bertz CT molecular complexity index is 233. The molecule has 0 spiro atoms. The van der Waals surface area contributed by atoms with E-state index in [1.54, 1.807) is 11.3 Å². The van der Waals surface area contributed by atoms with Gasteiger partial charge in [0.05, 0.1) is 6.10 Å². The number of thiophene rings is 1. The van der Waals surface area contributed by atoms with Gasteiger partial charge in [-0.25, -0.2) is 0 Å². The van der Waals surface area contributed by atoms with Crippen molar-refractivity contribution in [2.75, 3.05) is 6.54 Å². The van der Waals surface area contributed by atoms with Crippen molar-refractivity contribution in [3.05, 3.63) is 21.9 Å². The van der Waals surface area contributed by atoms with Crippen LogP contribution in [0.3, 0.4) is 0 Å². The molecule has 10 heavy (non-hydrogen) atoms. The van der Waals surface area contributed by atoms with Crippen LogP contribution in [0.4, 0.5) is 0 Å². The monoisotopic (exact) mass is 155 g/mol. The van der Waals surface area contributed by atoms with Crippen LogP contribution in [0.2, 0.25) is 0 Å². The zero-order valence-electron chi connectivity index (χ0n) is 5.50. The molecule has 0 radical (unpaired) electrons. The molecular weight excluding hydrogens is 146 g/mol. The normalized spacial score (nSPS) is 24.3. The van der Waals surface area contributed by atoms with E-state index in [2.05, 4.69) is 5.32 Å². The molecule has 0 aromatic carbocycles. The molecule has 1 aromatic heterocycles. The van der Waals surface area contributed by atoms with Crippen molar-refractivity contribution in [1.29, 1.82) is 0 Å². The number of aliphatic hydroxyl groups is 1. The highest BCUT2D eigenvalue weighted by molar-refractivity contribution is 7.10. The molecule has 2 rings (SSSR count). The van der Waals surface area contributed by atoms with Gasteiger partial charge in [0.15, 0.2) is 0 Å². The maximum atomic E-state index is 9.39. The van der Waals surface area contributed by atoms with Gasteiger partial charge in [0, 0.05) is 18.0 Å². The van der Waals surface area contributed by atoms with E-state index in [0.717, 1.165) is 12.1 Å². The van der Waals surface area contributed by atoms with Crippen LogP contribution in [0.15, 0.2) is 11.4 Å². The van der Waals surface area contributed by atoms with Crippen LogP contribution in [0.5, 0.6) is 0 Å². The van der Waals surface area contributed by atoms with E-state index in [-0.39, 0.29) is 6.10 Å². The Labute approximate surface area is 63.5 Å². The Morgan fingerprint density at radius 2 is 2.60 bits per heavy atom. The van der Waals surface area contributed by atoms with Gasteiger partial charge in [-0.1, -0.05) is 0 Å². The van der Waals surface area contributed by atoms with Gasteiger partial charge in [-0.05, 0) is 17.0 Å². The molecule has 2 N–H and O–H groups in total. The van der Waals surface area contributed by atoms with E-state index >= 15 is 0 Å². The highest BCUT2D eigenvalue weighted by Crippen LogP contribution is 2.25. The van der Waals surface area contributed by atoms with Crippen molar-refractivity contribution in [3.63, 3.8) is 0 Å². The lowest BCUT2D eigenvalue weighted by Crippen LogP contribution is -2.26. The first kappa shape index (κ1) is 6.34. The van der Waals surface area contributed by atoms with E-state index in [1.807, 2.05) is 11.4 Å². The molecule has 2 heterocycles. The van der Waals surface area contributed by atoms with Crippen LogP contribution in [-0.2, 0) is 6.54 Å². The summed E-state index contributed by atoms with van der Waals surface area (Å²) >= 11 is 1.71. The van der Waals surface area contributed by atoms with Gasteiger partial charge in [-0.15, -0.1) is 11.3 Å². The van der Waals surface area contributed by atoms with Crippen molar-refractivity contribution in [2.45, 2.75) is 12.6 Å². The molecule has 1 atom stereocenters. The number of hydrogen-bond acceptors (Lipinski definition) is 3. The van der Waals surface area contributed by atoms with Crippen molar-refractivity contribution in [3.8, 4) is 0 Å². The molecule has 2 nitrogen and oxygen atoms in total. The molecule has 0 bridgehead atoms. The predicted molar refractivity (Wildman–Crippen MR) is 41.0 cm³/mol. The molecule has 1 aliphatic rings. The highest BCUT2D eigenvalue weighted by atomic mass is 32.1. The van der Waals surface area contributed by atoms with Gasteiger partial charge in [-0.3, -0.25) is 0 Å². The first-order chi connectivity index (χ1) is 4.88. The SMILES string of the molecule is O[C@H]1CNCc2sccc21. The van der Waals surface area contributed by atoms with E-state index in [1.165, 1.54) is 4.88 Å². The molecule has 0 unspecified atom stereocenters. The predicted octanol–water partition coefficient (Wildman–Crippen LogP) is 0.885. The van der Waals surface area contributed by atoms with Crippen molar-refractivity contribution < 1.29 is 5.11 Å². The molecule has 0 fully saturated rings. The second-order valence-corrected chi connectivity index (χ2v) is 3.45. The maximum absolute atomic E-state index is 9.39. The molecule has 0 saturated heterocycles. The fraction of sp³-hybridized carbons (Fsp3) is 0.429. The van der Waals surface area contributed by atoms with Gasteiger partial charge in [0.2, 0.25) is 0 Å². The van der Waals surface area contributed by atoms with Crippen molar-refractivity contribution in [2.24, 2.45) is 0 Å². The Morgan fingerprint density at radius 1 is 1.70 bits per heavy atom. The van der Waals surface area contributed by atoms with E-state index in [9.17, 15) is 5.11 Å². The number of hydrogen-bond donors (Lipinski definition) is 2. The van der Waals surface area contributed by atoms with Gasteiger partial charge in [0.25, 0.3) is 0 Å². The minimum absolute atomic E-state index is 0.282. The van der Waals surface area contributed by atoms with Gasteiger partial charge < -0.3 is 10.4 Å². The minimum Gasteiger partial charge on any atom is -0.387 e. The average molecular weight is 155 g/mol. The number of nitrogens with one attached hydrogen (secondary N) is 1. The summed E-state index contributed by atoms with van der Waals surface area (Å²) in [4.78, 5) is 1.28. The highest BCUT2D eigenvalue weighted by Gasteiger charge is 2.17. The quantitative estimate of drug-likeness (QED) is 0.583. The van der Waals surface area contributed by atoms with Crippen LogP contribution in [0, 0.1) is 0 Å². The fourth-order valence-corrected chi connectivity index (χ4v) is 2.13. The fourth-order valence-electron chi connectivity index (χ4n) is 1.22. The van der Waals surface area contributed by atoms with Crippen molar-refractivity contribution >= 4 is 11.3 Å². The molecular formula is C7H9NOS. The first-order valence-electron chi connectivity index (χ1n) is 3.33. The van der Waals surface area contributed by atoms with E-state index < -0.39 is 0 Å². The van der Waals surface area contributed by atoms with Crippen molar-refractivity contribution in [1.82, 2.24) is 5.32 Å². The van der Waals surface area contributed by atoms with Crippen LogP contribution >= 0.6 is 11.3 Å². The van der Waals surface area contributed by atoms with Crippen LogP contribution < -0.4 is 5.32 Å². The number of β-amino-alcohol motifs (C(OH)–C–C–N with tert-alkyl or cyclic N) is 1. The lowest BCUT2D eigenvalue weighted by atomic mass is 10.1. The lowest BCUT2D eigenvalue weighted by Gasteiger charge is -2.18. The van der Waals surface area contributed by atoms with E-state index in [4.69, 9.17) is 0 Å². The van der Waals surface area contributed by atoms with Gasteiger partial charge >= 0.3 is 0 Å². The number of aliphatic hydroxyl groups excluding tert-OH is 1. The summed E-state index contributed by atoms with van der Waals surface area (Å²) in [5, 5.41) is 14.6. The molecule has 1 aliphatic heterocycles. The summed E-state index contributed by atoms with van der Waals surface area (Å²) in [5.41, 5.74) is 1.11. The van der Waals surface area contributed by atoms with E-state index in [0.29, 0.717) is 6.54 Å². The zero-order chi connectivity index (χ0) is 6.97. The average Bonchev–Trinajstić information content (AvgIpc) is 2.36. The Balaban J connectivity index is 2.41. The summed E-state index contributed by atoms with van der Waals surface area (Å²) in [6.07, 6.45) is -0.282. The first-order valence-corrected chi connectivity index (χ1v) is 4.21. The van der Waals surface area contributed by atoms with Crippen LogP contribution in [-0.4, -0.2) is 11.7 Å². The number of fused-ring (bicyclic) bond motifs is 1. The third-order valence-electron chi connectivity index (χ3n) is 1.76. The smallest absolute Gasteiger partial charge is 0.0925 e. The topological polar surface area (TPSA) is 32.3 Å². The Morgan fingerprint density at radius 3 is 3.40 bits per heavy atom. The van der Waals surface area contributed by atoms with Crippen LogP contribution in [0.1, 0.15) is 16.5 Å². The summed E-state index contributed by atoms with van der Waals surface area (Å²) in [6, 6.07) is 2.01. The Kier molecular flexibility index (Phi) is 1.48. The summed E-state index contributed by atoms with van der Waals surface area (Å²) < 4.78 is 0. The summed E-state index contributed by atoms with van der Waals surface area (Å²) in [6.45, 7) is 1.62. The molecule has 0 saturated carbocycles. The minimum atomic E-state index is -0.282. The van der Waals surface area contributed by atoms with Gasteiger partial charge in [0.1, 0.15) is 0 Å². The number of rotatable bonds is 0. The summed E-state index contributed by atoms with van der Waals surface area (Å²) in [7, 11) is 0. The maximum Gasteiger partial charge on any atom is 0.0925 e. The second-order valence-electron chi connectivity index (χ2n) is 2.45. The molecule has 0 amide bonds. The third kappa shape index (κ3) is 0.868. The summed E-state index contributed by atoms with van der Waals surface area (Å²) in [5.74, 6) is 0.